The van der Waals surface area contributed by atoms with E-state index in [1.807, 2.05) is 0 Å². The van der Waals surface area contributed by atoms with Crippen molar-refractivity contribution in [1.29, 1.82) is 0 Å². The first kappa shape index (κ1) is 35.3. The van der Waals surface area contributed by atoms with Crippen LogP contribution in [0.15, 0.2) is 30.3 Å². The van der Waals surface area contributed by atoms with E-state index < -0.39 is 0 Å². The van der Waals surface area contributed by atoms with Gasteiger partial charge in [-0.15, -0.1) is 0 Å². The van der Waals surface area contributed by atoms with Crippen molar-refractivity contribution in [2.45, 2.75) is 103 Å². The molecule has 0 aliphatic heterocycles. The lowest BCUT2D eigenvalue weighted by molar-refractivity contribution is -0.226. The highest BCUT2D eigenvalue weighted by Gasteiger charge is 2.66. The van der Waals surface area contributed by atoms with Crippen LogP contribution in [0.4, 0.5) is 0 Å². The zero-order chi connectivity index (χ0) is 32.0. The third kappa shape index (κ3) is 7.50. The van der Waals surface area contributed by atoms with Crippen LogP contribution in [0, 0.1) is 46.3 Å². The molecule has 4 aliphatic rings. The zero-order valence-corrected chi connectivity index (χ0v) is 29.0. The predicted octanol–water partition coefficient (Wildman–Crippen LogP) is 5.45. The van der Waals surface area contributed by atoms with Gasteiger partial charge in [-0.05, 0) is 118 Å². The molecule has 6 N–H and O–H groups in total. The Morgan fingerprint density at radius 3 is 2.31 bits per heavy atom. The van der Waals surface area contributed by atoms with Crippen molar-refractivity contribution in [3.05, 3.63) is 35.9 Å². The van der Waals surface area contributed by atoms with Crippen LogP contribution in [-0.4, -0.2) is 76.3 Å². The summed E-state index contributed by atoms with van der Waals surface area (Å²) in [5, 5.41) is 0. The largest absolute Gasteiger partial charge is 0.377 e. The zero-order valence-electron chi connectivity index (χ0n) is 29.0. The number of rotatable bonds is 16. The fourth-order valence-electron chi connectivity index (χ4n) is 11.2. The highest BCUT2D eigenvalue weighted by molar-refractivity contribution is 5.16. The number of nitrogens with two attached hydrogens (primary N) is 3. The maximum atomic E-state index is 6.87. The van der Waals surface area contributed by atoms with Gasteiger partial charge in [0.15, 0.2) is 0 Å². The van der Waals surface area contributed by atoms with E-state index in [2.05, 4.69) is 63.1 Å². The standard InChI is InChI=1S/C38H66N4O3/c1-27(9-8-19-42(4)26-28-10-6-5-7-11-28)31-12-13-32-36-33(25-35(38(31,32)3)45-22-18-41)37(2)15-14-30(43-20-16-39)23-29(37)24-34(36)44-21-17-40/h5-7,10-11,27,29-36H,8-9,12-26,39-41H2,1-4H3/t27-,29?,30+,31-,32+,33+,34-,35+,36?,37+,38-/m1/s1. The number of nitrogens with zero attached hydrogens (tertiary/aromatic N) is 1. The lowest BCUT2D eigenvalue weighted by atomic mass is 9.43. The van der Waals surface area contributed by atoms with E-state index in [4.69, 9.17) is 31.4 Å². The summed E-state index contributed by atoms with van der Waals surface area (Å²) in [7, 11) is 2.26. The molecule has 45 heavy (non-hydrogen) atoms. The second kappa shape index (κ2) is 15.9. The van der Waals surface area contributed by atoms with Gasteiger partial charge in [0.05, 0.1) is 38.1 Å². The second-order valence-corrected chi connectivity index (χ2v) is 15.8. The van der Waals surface area contributed by atoms with Crippen molar-refractivity contribution >= 4 is 0 Å². The van der Waals surface area contributed by atoms with Crippen molar-refractivity contribution in [3.8, 4) is 0 Å². The molecular weight excluding hydrogens is 560 g/mol. The van der Waals surface area contributed by atoms with Gasteiger partial charge in [-0.25, -0.2) is 0 Å². The Morgan fingerprint density at radius 2 is 1.58 bits per heavy atom. The van der Waals surface area contributed by atoms with Gasteiger partial charge in [0.1, 0.15) is 0 Å². The fraction of sp³-hybridized carbons (Fsp3) is 0.842. The molecule has 7 heteroatoms. The van der Waals surface area contributed by atoms with Crippen LogP contribution in [0.1, 0.15) is 84.1 Å². The first-order valence-corrected chi connectivity index (χ1v) is 18.4. The van der Waals surface area contributed by atoms with Crippen molar-refractivity contribution in [3.63, 3.8) is 0 Å². The maximum Gasteiger partial charge on any atom is 0.0637 e. The van der Waals surface area contributed by atoms with E-state index in [9.17, 15) is 0 Å². The van der Waals surface area contributed by atoms with Gasteiger partial charge in [0.25, 0.3) is 0 Å². The molecule has 7 nitrogen and oxygen atoms in total. The summed E-state index contributed by atoms with van der Waals surface area (Å²) in [6.07, 6.45) is 11.7. The average Bonchev–Trinajstić information content (AvgIpc) is 3.40. The van der Waals surface area contributed by atoms with Gasteiger partial charge in [0, 0.05) is 31.6 Å². The quantitative estimate of drug-likeness (QED) is 0.224. The Bertz CT molecular complexity index is 1030. The van der Waals surface area contributed by atoms with E-state index in [0.29, 0.717) is 81.1 Å². The minimum Gasteiger partial charge on any atom is -0.377 e. The smallest absolute Gasteiger partial charge is 0.0637 e. The van der Waals surface area contributed by atoms with Crippen LogP contribution in [-0.2, 0) is 20.8 Å². The predicted molar refractivity (Wildman–Crippen MR) is 184 cm³/mol. The van der Waals surface area contributed by atoms with Crippen LogP contribution in [0.5, 0.6) is 0 Å². The summed E-state index contributed by atoms with van der Waals surface area (Å²) in [5.41, 5.74) is 19.7. The molecule has 4 fully saturated rings. The molecule has 0 saturated heterocycles. The van der Waals surface area contributed by atoms with Gasteiger partial charge >= 0.3 is 0 Å². The molecule has 0 spiro atoms. The maximum absolute atomic E-state index is 6.87. The number of hydrogen-bond acceptors (Lipinski definition) is 7. The number of ether oxygens (including phenoxy) is 3. The number of benzene rings is 1. The summed E-state index contributed by atoms with van der Waals surface area (Å²) >= 11 is 0. The highest BCUT2D eigenvalue weighted by atomic mass is 16.5. The molecule has 0 bridgehead atoms. The van der Waals surface area contributed by atoms with Gasteiger partial charge in [0.2, 0.25) is 0 Å². The summed E-state index contributed by atoms with van der Waals surface area (Å²) in [6.45, 7) is 13.6. The highest BCUT2D eigenvalue weighted by Crippen LogP contribution is 2.69. The molecule has 11 atom stereocenters. The van der Waals surface area contributed by atoms with Crippen molar-refractivity contribution < 1.29 is 14.2 Å². The van der Waals surface area contributed by atoms with Crippen LogP contribution >= 0.6 is 0 Å². The summed E-state index contributed by atoms with van der Waals surface area (Å²) in [6, 6.07) is 10.8. The van der Waals surface area contributed by atoms with Crippen molar-refractivity contribution in [2.24, 2.45) is 63.5 Å². The molecule has 1 aromatic rings. The van der Waals surface area contributed by atoms with Gasteiger partial charge in [-0.2, -0.15) is 0 Å². The van der Waals surface area contributed by atoms with Crippen LogP contribution in [0.25, 0.3) is 0 Å². The van der Waals surface area contributed by atoms with Crippen LogP contribution in [0.3, 0.4) is 0 Å². The van der Waals surface area contributed by atoms with Gasteiger partial charge < -0.3 is 36.3 Å². The second-order valence-electron chi connectivity index (χ2n) is 15.8. The summed E-state index contributed by atoms with van der Waals surface area (Å²) in [5.74, 6) is 3.69. The van der Waals surface area contributed by atoms with E-state index in [0.717, 1.165) is 38.8 Å². The third-order valence-electron chi connectivity index (χ3n) is 13.3. The van der Waals surface area contributed by atoms with Gasteiger partial charge in [-0.3, -0.25) is 0 Å². The SMILES string of the molecule is C[C@H](CCCN(C)Cc1ccccc1)[C@H]1CC[C@H]2C3[C@H](OCCN)CC4C[C@@H](OCCN)CC[C@]4(C)[C@H]3C[C@H](OCCN)[C@]12C. The molecule has 0 aromatic heterocycles. The lowest BCUT2D eigenvalue weighted by Crippen LogP contribution is -2.63. The minimum absolute atomic E-state index is 0.140. The van der Waals surface area contributed by atoms with E-state index >= 15 is 0 Å². The Morgan fingerprint density at radius 1 is 0.867 bits per heavy atom. The van der Waals surface area contributed by atoms with E-state index in [-0.39, 0.29) is 23.0 Å². The number of hydrogen-bond donors (Lipinski definition) is 3. The molecule has 4 saturated carbocycles. The molecule has 4 aliphatic carbocycles. The monoisotopic (exact) mass is 627 g/mol. The summed E-state index contributed by atoms with van der Waals surface area (Å²) in [4.78, 5) is 2.48. The van der Waals surface area contributed by atoms with Crippen LogP contribution < -0.4 is 17.2 Å². The van der Waals surface area contributed by atoms with Crippen molar-refractivity contribution in [2.75, 3.05) is 53.0 Å². The Balaban J connectivity index is 1.33. The first-order chi connectivity index (χ1) is 21.8. The van der Waals surface area contributed by atoms with E-state index in [1.165, 1.54) is 37.7 Å². The molecule has 5 rings (SSSR count). The summed E-state index contributed by atoms with van der Waals surface area (Å²) < 4.78 is 19.9. The molecule has 0 amide bonds. The molecule has 1 aromatic carbocycles. The molecule has 2 unspecified atom stereocenters. The topological polar surface area (TPSA) is 109 Å². The third-order valence-corrected chi connectivity index (χ3v) is 13.3. The Kier molecular flexibility index (Phi) is 12.4. The minimum atomic E-state index is 0.140. The average molecular weight is 627 g/mol. The molecular formula is C38H66N4O3. The van der Waals surface area contributed by atoms with Gasteiger partial charge in [-0.1, -0.05) is 51.1 Å². The lowest BCUT2D eigenvalue weighted by Gasteiger charge is -2.64. The van der Waals surface area contributed by atoms with Crippen molar-refractivity contribution in [1.82, 2.24) is 4.90 Å². The first-order valence-electron chi connectivity index (χ1n) is 18.4. The fourth-order valence-corrected chi connectivity index (χ4v) is 11.2. The molecule has 0 radical (unpaired) electrons. The van der Waals surface area contributed by atoms with E-state index in [1.54, 1.807) is 0 Å². The normalized spacial score (nSPS) is 38.5. The Hall–Kier alpha value is -1.06. The Labute approximate surface area is 274 Å². The van der Waals surface area contributed by atoms with Crippen LogP contribution in [0.2, 0.25) is 0 Å². The molecule has 256 valence electrons. The number of fused-ring (bicyclic) bond motifs is 5. The molecule has 0 heterocycles.